The Morgan fingerprint density at radius 1 is 1.14 bits per heavy atom. The number of hydrogen-bond acceptors (Lipinski definition) is 4. The Labute approximate surface area is 134 Å². The van der Waals surface area contributed by atoms with Crippen molar-refractivity contribution < 1.29 is 4.79 Å². The van der Waals surface area contributed by atoms with Crippen LogP contribution in [0.2, 0.25) is 0 Å². The summed E-state index contributed by atoms with van der Waals surface area (Å²) in [6, 6.07) is 0. The van der Waals surface area contributed by atoms with Gasteiger partial charge in [-0.1, -0.05) is 6.92 Å². The van der Waals surface area contributed by atoms with Crippen LogP contribution in [-0.2, 0) is 4.79 Å². The highest BCUT2D eigenvalue weighted by molar-refractivity contribution is 7.99. The van der Waals surface area contributed by atoms with Crippen LogP contribution in [0, 0.1) is 5.92 Å². The molecule has 0 aromatic heterocycles. The summed E-state index contributed by atoms with van der Waals surface area (Å²) in [7, 11) is 2.21. The Morgan fingerprint density at radius 3 is 2.33 bits per heavy atom. The smallest absolute Gasteiger partial charge is 0.223 e. The van der Waals surface area contributed by atoms with E-state index in [0.29, 0.717) is 17.6 Å². The van der Waals surface area contributed by atoms with Crippen LogP contribution in [0.3, 0.4) is 0 Å². The summed E-state index contributed by atoms with van der Waals surface area (Å²) < 4.78 is 0. The second-order valence-electron chi connectivity index (χ2n) is 6.68. The number of likely N-dealkylation sites (tertiary alicyclic amines) is 1. The van der Waals surface area contributed by atoms with Crippen LogP contribution in [0.1, 0.15) is 26.2 Å². The van der Waals surface area contributed by atoms with Crippen molar-refractivity contribution >= 4 is 17.7 Å². The molecule has 2 saturated heterocycles. The molecule has 1 unspecified atom stereocenters. The minimum atomic E-state index is 0.356. The fraction of sp³-hybridized carbons (Fsp3) is 0.938. The highest BCUT2D eigenvalue weighted by Crippen LogP contribution is 2.21. The lowest BCUT2D eigenvalue weighted by atomic mass is 9.95. The van der Waals surface area contributed by atoms with Crippen LogP contribution in [-0.4, -0.2) is 85.0 Å². The van der Waals surface area contributed by atoms with Crippen molar-refractivity contribution in [2.24, 2.45) is 5.92 Å². The van der Waals surface area contributed by atoms with Gasteiger partial charge in [0.1, 0.15) is 0 Å². The first-order valence-corrected chi connectivity index (χ1v) is 9.58. The van der Waals surface area contributed by atoms with Gasteiger partial charge in [0, 0.05) is 57.5 Å². The van der Waals surface area contributed by atoms with Gasteiger partial charge in [-0.25, -0.2) is 0 Å². The van der Waals surface area contributed by atoms with Crippen molar-refractivity contribution in [3.8, 4) is 0 Å². The summed E-state index contributed by atoms with van der Waals surface area (Å²) in [5.41, 5.74) is 0. The average Bonchev–Trinajstić information content (AvgIpc) is 2.50. The van der Waals surface area contributed by atoms with Gasteiger partial charge in [-0.05, 0) is 32.1 Å². The third-order valence-corrected chi connectivity index (χ3v) is 5.92. The number of thioether (sulfide) groups is 1. The van der Waals surface area contributed by atoms with Crippen molar-refractivity contribution in [1.29, 1.82) is 0 Å². The highest BCUT2D eigenvalue weighted by atomic mass is 32.2. The van der Waals surface area contributed by atoms with E-state index >= 15 is 0 Å². The van der Waals surface area contributed by atoms with E-state index in [0.717, 1.165) is 19.0 Å². The first-order chi connectivity index (χ1) is 10.1. The van der Waals surface area contributed by atoms with Crippen molar-refractivity contribution in [3.05, 3.63) is 0 Å². The number of amides is 1. The van der Waals surface area contributed by atoms with Gasteiger partial charge >= 0.3 is 0 Å². The molecule has 122 valence electrons. The molecule has 0 spiro atoms. The second kappa shape index (κ2) is 8.39. The third kappa shape index (κ3) is 5.46. The monoisotopic (exact) mass is 313 g/mol. The number of nitrogens with zero attached hydrogens (tertiary/aromatic N) is 3. The fourth-order valence-corrected chi connectivity index (χ4v) is 3.53. The minimum Gasteiger partial charge on any atom is -0.343 e. The van der Waals surface area contributed by atoms with Crippen LogP contribution in [0.4, 0.5) is 0 Å². The van der Waals surface area contributed by atoms with Gasteiger partial charge in [-0.2, -0.15) is 11.8 Å². The number of piperidine rings is 1. The number of likely N-dealkylation sites (N-methyl/N-ethyl adjacent to an activating group) is 1. The molecule has 0 radical (unpaired) electrons. The number of rotatable bonds is 5. The van der Waals surface area contributed by atoms with E-state index in [1.54, 1.807) is 11.8 Å². The van der Waals surface area contributed by atoms with E-state index in [2.05, 4.69) is 34.9 Å². The molecule has 0 aromatic carbocycles. The van der Waals surface area contributed by atoms with Gasteiger partial charge in [0.05, 0.1) is 0 Å². The van der Waals surface area contributed by atoms with Crippen LogP contribution in [0.15, 0.2) is 0 Å². The maximum atomic E-state index is 12.2. The number of carbonyl (C=O) groups is 1. The molecule has 2 rings (SSSR count). The predicted molar refractivity (Wildman–Crippen MR) is 90.8 cm³/mol. The van der Waals surface area contributed by atoms with Crippen LogP contribution >= 0.6 is 11.8 Å². The molecule has 2 fully saturated rings. The molecule has 1 atom stereocenters. The summed E-state index contributed by atoms with van der Waals surface area (Å²) in [6.45, 7) is 10.1. The van der Waals surface area contributed by atoms with E-state index in [9.17, 15) is 4.79 Å². The third-order valence-electron chi connectivity index (χ3n) is 4.94. The quantitative estimate of drug-likeness (QED) is 0.770. The van der Waals surface area contributed by atoms with Crippen LogP contribution in [0.25, 0.3) is 0 Å². The van der Waals surface area contributed by atoms with Gasteiger partial charge in [-0.15, -0.1) is 0 Å². The Hall–Kier alpha value is -0.260. The van der Waals surface area contributed by atoms with Crippen molar-refractivity contribution in [3.63, 3.8) is 0 Å². The molecule has 2 aliphatic rings. The van der Waals surface area contributed by atoms with Gasteiger partial charge in [0.2, 0.25) is 5.91 Å². The molecule has 0 N–H and O–H groups in total. The molecule has 0 saturated carbocycles. The minimum absolute atomic E-state index is 0.356. The summed E-state index contributed by atoms with van der Waals surface area (Å²) in [5, 5.41) is 0.445. The molecule has 2 aliphatic heterocycles. The molecule has 5 heteroatoms. The number of carbonyl (C=O) groups excluding carboxylic acids is 1. The van der Waals surface area contributed by atoms with E-state index in [4.69, 9.17) is 0 Å². The molecular formula is C16H31N3OS. The summed E-state index contributed by atoms with van der Waals surface area (Å²) in [6.07, 6.45) is 5.15. The average molecular weight is 314 g/mol. The van der Waals surface area contributed by atoms with E-state index in [1.807, 2.05) is 0 Å². The van der Waals surface area contributed by atoms with Gasteiger partial charge in [0.25, 0.3) is 0 Å². The largest absolute Gasteiger partial charge is 0.343 e. The van der Waals surface area contributed by atoms with Crippen molar-refractivity contribution in [2.75, 3.05) is 59.1 Å². The van der Waals surface area contributed by atoms with Crippen LogP contribution in [0.5, 0.6) is 0 Å². The maximum Gasteiger partial charge on any atom is 0.223 e. The van der Waals surface area contributed by atoms with E-state index < -0.39 is 0 Å². The lowest BCUT2D eigenvalue weighted by molar-refractivity contribution is -0.132. The first-order valence-electron chi connectivity index (χ1n) is 8.30. The zero-order valence-corrected chi connectivity index (χ0v) is 14.7. The SMILES string of the molecule is CSC(C)CC(=O)N1CCC(CN2CCN(C)CC2)CC1. The topological polar surface area (TPSA) is 26.8 Å². The lowest BCUT2D eigenvalue weighted by Gasteiger charge is -2.38. The first kappa shape index (κ1) is 17.1. The van der Waals surface area contributed by atoms with E-state index in [1.165, 1.54) is 45.6 Å². The molecule has 2 heterocycles. The Balaban J connectivity index is 1.67. The molecule has 0 aromatic rings. The van der Waals surface area contributed by atoms with Gasteiger partial charge in [-0.3, -0.25) is 4.79 Å². The molecule has 4 nitrogen and oxygen atoms in total. The van der Waals surface area contributed by atoms with Crippen molar-refractivity contribution in [1.82, 2.24) is 14.7 Å². The zero-order chi connectivity index (χ0) is 15.2. The summed E-state index contributed by atoms with van der Waals surface area (Å²) >= 11 is 1.78. The van der Waals surface area contributed by atoms with Crippen molar-refractivity contribution in [2.45, 2.75) is 31.4 Å². The predicted octanol–water partition coefficient (Wildman–Crippen LogP) is 1.61. The number of hydrogen-bond donors (Lipinski definition) is 0. The maximum absolute atomic E-state index is 12.2. The van der Waals surface area contributed by atoms with Gasteiger partial charge in [0.15, 0.2) is 0 Å². The normalized spacial score (nSPS) is 24.2. The standard InChI is InChI=1S/C16H31N3OS/c1-14(21-3)12-16(20)19-6-4-15(5-7-19)13-18-10-8-17(2)9-11-18/h14-15H,4-13H2,1-3H3. The van der Waals surface area contributed by atoms with Gasteiger partial charge < -0.3 is 14.7 Å². The molecule has 21 heavy (non-hydrogen) atoms. The molecule has 1 amide bonds. The highest BCUT2D eigenvalue weighted by Gasteiger charge is 2.25. The summed E-state index contributed by atoms with van der Waals surface area (Å²) in [5.74, 6) is 1.14. The molecular weight excluding hydrogens is 282 g/mol. The zero-order valence-electron chi connectivity index (χ0n) is 13.9. The van der Waals surface area contributed by atoms with Crippen LogP contribution < -0.4 is 0 Å². The number of piperazine rings is 1. The Kier molecular flexibility index (Phi) is 6.83. The summed E-state index contributed by atoms with van der Waals surface area (Å²) in [4.78, 5) is 19.3. The Bertz CT molecular complexity index is 323. The molecule has 0 bridgehead atoms. The Morgan fingerprint density at radius 2 is 1.76 bits per heavy atom. The fourth-order valence-electron chi connectivity index (χ4n) is 3.22. The van der Waals surface area contributed by atoms with E-state index in [-0.39, 0.29) is 0 Å². The second-order valence-corrected chi connectivity index (χ2v) is 7.95. The lowest BCUT2D eigenvalue weighted by Crippen LogP contribution is -2.48. The molecule has 0 aliphatic carbocycles.